The summed E-state index contributed by atoms with van der Waals surface area (Å²) in [5.74, 6) is -1.10. The Morgan fingerprint density at radius 1 is 1.42 bits per heavy atom. The number of nitrogens with zero attached hydrogens (tertiary/aromatic N) is 4. The van der Waals surface area contributed by atoms with Crippen molar-refractivity contribution in [3.8, 4) is 11.3 Å². The van der Waals surface area contributed by atoms with Gasteiger partial charge in [0.1, 0.15) is 35.9 Å². The number of benzene rings is 1. The van der Waals surface area contributed by atoms with Crippen molar-refractivity contribution in [2.45, 2.75) is 63.4 Å². The summed E-state index contributed by atoms with van der Waals surface area (Å²) in [5, 5.41) is 20.5. The summed E-state index contributed by atoms with van der Waals surface area (Å²) in [5.41, 5.74) is 1.73. The molecular formula is C21H27FN4O5. The van der Waals surface area contributed by atoms with Gasteiger partial charge in [0.25, 0.3) is 0 Å². The van der Waals surface area contributed by atoms with Crippen molar-refractivity contribution in [1.82, 2.24) is 15.0 Å². The molecule has 168 valence electrons. The number of methoxy groups -OCH3 is 1. The van der Waals surface area contributed by atoms with Gasteiger partial charge in [-0.2, -0.15) is 0 Å². The number of aryl methyl sites for hydroxylation is 1. The highest BCUT2D eigenvalue weighted by atomic mass is 19.1. The Morgan fingerprint density at radius 3 is 2.94 bits per heavy atom. The molecule has 1 aromatic carbocycles. The van der Waals surface area contributed by atoms with Gasteiger partial charge < -0.3 is 24.2 Å². The van der Waals surface area contributed by atoms with Crippen molar-refractivity contribution in [1.29, 1.82) is 0 Å². The van der Waals surface area contributed by atoms with Crippen LogP contribution in [-0.4, -0.2) is 70.3 Å². The Bertz CT molecular complexity index is 950. The second-order valence-corrected chi connectivity index (χ2v) is 8.28. The average Bonchev–Trinajstić information content (AvgIpc) is 3.22. The molecule has 0 bridgehead atoms. The molecule has 2 fully saturated rings. The van der Waals surface area contributed by atoms with Gasteiger partial charge in [0.05, 0.1) is 18.9 Å². The fourth-order valence-electron chi connectivity index (χ4n) is 4.17. The van der Waals surface area contributed by atoms with Crippen LogP contribution in [0.2, 0.25) is 0 Å². The lowest BCUT2D eigenvalue weighted by atomic mass is 9.90. The first-order valence-corrected chi connectivity index (χ1v) is 10.2. The van der Waals surface area contributed by atoms with E-state index in [9.17, 15) is 4.39 Å². The van der Waals surface area contributed by atoms with Gasteiger partial charge in [0, 0.05) is 25.3 Å². The lowest BCUT2D eigenvalue weighted by Crippen LogP contribution is -2.62. The molecule has 1 aromatic heterocycles. The highest BCUT2D eigenvalue weighted by Crippen LogP contribution is 2.40. The monoisotopic (exact) mass is 434 g/mol. The van der Waals surface area contributed by atoms with E-state index in [1.165, 1.54) is 12.3 Å². The average molecular weight is 434 g/mol. The van der Waals surface area contributed by atoms with E-state index in [0.29, 0.717) is 29.8 Å². The van der Waals surface area contributed by atoms with Crippen LogP contribution in [0.4, 0.5) is 4.39 Å². The molecule has 2 aromatic rings. The van der Waals surface area contributed by atoms with Crippen LogP contribution in [0.5, 0.6) is 0 Å². The Balaban J connectivity index is 1.71. The van der Waals surface area contributed by atoms with E-state index < -0.39 is 24.1 Å². The van der Waals surface area contributed by atoms with Crippen LogP contribution in [0.15, 0.2) is 29.6 Å². The second-order valence-electron chi connectivity index (χ2n) is 8.28. The predicted molar refractivity (Wildman–Crippen MR) is 108 cm³/mol. The smallest absolute Gasteiger partial charge is 0.163 e. The number of ether oxygens (including phenoxy) is 4. The first kappa shape index (κ1) is 21.8. The number of aromatic nitrogens is 3. The molecule has 3 heterocycles. The topological polar surface area (TPSA) is 100 Å². The molecule has 4 rings (SSSR count). The third-order valence-corrected chi connectivity index (χ3v) is 5.75. The maximum absolute atomic E-state index is 14.1. The SMILES string of the molecule is CO[C@@H]1[C@@H](n2cc(-c3ccc(C)c(F)c3)nn2)[C@H]2OC(C)(C)OC[C@H]2O[C@@H]1CC=NO. The standard InChI is InChI=1S/C21H27FN4O5/c1-12-5-6-13(9-14(12)22)15-10-26(25-24-15)18-19(28-4)16(7-8-23-27)30-17-11-29-21(2,3)31-20(17)18/h5-6,8-10,16-20,27H,7,11H2,1-4H3/t16-,17-,18-,19+,20+/m1/s1. The van der Waals surface area contributed by atoms with E-state index in [1.54, 1.807) is 31.0 Å². The van der Waals surface area contributed by atoms with Gasteiger partial charge in [-0.1, -0.05) is 17.3 Å². The number of hydrogen-bond donors (Lipinski definition) is 1. The molecular weight excluding hydrogens is 407 g/mol. The minimum Gasteiger partial charge on any atom is -0.411 e. The van der Waals surface area contributed by atoms with Crippen LogP contribution in [-0.2, 0) is 18.9 Å². The second kappa shape index (κ2) is 8.62. The molecule has 0 amide bonds. The van der Waals surface area contributed by atoms with Gasteiger partial charge in [-0.05, 0) is 32.4 Å². The van der Waals surface area contributed by atoms with Crippen molar-refractivity contribution in [3.05, 3.63) is 35.8 Å². The van der Waals surface area contributed by atoms with Crippen LogP contribution in [0.3, 0.4) is 0 Å². The minimum absolute atomic E-state index is 0.300. The summed E-state index contributed by atoms with van der Waals surface area (Å²) in [6, 6.07) is 4.57. The summed E-state index contributed by atoms with van der Waals surface area (Å²) in [4.78, 5) is 0. The quantitative estimate of drug-likeness (QED) is 0.439. The third kappa shape index (κ3) is 4.33. The molecule has 9 nitrogen and oxygen atoms in total. The Hall–Kier alpha value is -2.40. The zero-order valence-corrected chi connectivity index (χ0v) is 17.9. The molecule has 0 spiro atoms. The van der Waals surface area contributed by atoms with E-state index in [1.807, 2.05) is 19.9 Å². The van der Waals surface area contributed by atoms with Gasteiger partial charge in [0.2, 0.25) is 0 Å². The van der Waals surface area contributed by atoms with Crippen LogP contribution in [0.25, 0.3) is 11.3 Å². The minimum atomic E-state index is -0.802. The summed E-state index contributed by atoms with van der Waals surface area (Å²) < 4.78 is 39.7. The van der Waals surface area contributed by atoms with Crippen molar-refractivity contribution < 1.29 is 28.5 Å². The molecule has 2 saturated heterocycles. The van der Waals surface area contributed by atoms with Crippen molar-refractivity contribution in [2.75, 3.05) is 13.7 Å². The summed E-state index contributed by atoms with van der Waals surface area (Å²) in [6.07, 6.45) is 1.80. The molecule has 1 N–H and O–H groups in total. The normalized spacial score (nSPS) is 30.4. The number of fused-ring (bicyclic) bond motifs is 1. The molecule has 5 atom stereocenters. The molecule has 0 saturated carbocycles. The molecule has 0 radical (unpaired) electrons. The van der Waals surface area contributed by atoms with Gasteiger partial charge in [-0.25, -0.2) is 9.07 Å². The summed E-state index contributed by atoms with van der Waals surface area (Å²) >= 11 is 0. The highest BCUT2D eigenvalue weighted by molar-refractivity contribution is 5.58. The molecule has 2 aliphatic rings. The fraction of sp³-hybridized carbons (Fsp3) is 0.571. The molecule has 2 aliphatic heterocycles. The highest BCUT2D eigenvalue weighted by Gasteiger charge is 2.52. The van der Waals surface area contributed by atoms with Gasteiger partial charge in [0.15, 0.2) is 5.79 Å². The van der Waals surface area contributed by atoms with E-state index in [2.05, 4.69) is 15.5 Å². The van der Waals surface area contributed by atoms with Crippen LogP contribution < -0.4 is 0 Å². The Morgan fingerprint density at radius 2 is 2.23 bits per heavy atom. The first-order valence-electron chi connectivity index (χ1n) is 10.2. The van der Waals surface area contributed by atoms with E-state index in [-0.39, 0.29) is 18.0 Å². The number of halogens is 1. The predicted octanol–water partition coefficient (Wildman–Crippen LogP) is 2.72. The molecule has 31 heavy (non-hydrogen) atoms. The lowest BCUT2D eigenvalue weighted by molar-refractivity contribution is -0.349. The Labute approximate surface area is 179 Å². The van der Waals surface area contributed by atoms with E-state index in [4.69, 9.17) is 24.2 Å². The zero-order chi connectivity index (χ0) is 22.2. The zero-order valence-electron chi connectivity index (χ0n) is 17.9. The van der Waals surface area contributed by atoms with Gasteiger partial charge in [-0.15, -0.1) is 10.3 Å². The van der Waals surface area contributed by atoms with Crippen LogP contribution in [0, 0.1) is 12.7 Å². The molecule has 0 aliphatic carbocycles. The third-order valence-electron chi connectivity index (χ3n) is 5.75. The first-order chi connectivity index (χ1) is 14.8. The number of rotatable bonds is 5. The van der Waals surface area contributed by atoms with Crippen LogP contribution in [0.1, 0.15) is 31.9 Å². The maximum atomic E-state index is 14.1. The Kier molecular flexibility index (Phi) is 6.07. The van der Waals surface area contributed by atoms with Crippen molar-refractivity contribution >= 4 is 6.21 Å². The van der Waals surface area contributed by atoms with Crippen molar-refractivity contribution in [3.63, 3.8) is 0 Å². The maximum Gasteiger partial charge on any atom is 0.163 e. The number of oxime groups is 1. The number of hydrogen-bond acceptors (Lipinski definition) is 8. The summed E-state index contributed by atoms with van der Waals surface area (Å²) in [7, 11) is 1.59. The largest absolute Gasteiger partial charge is 0.411 e. The lowest BCUT2D eigenvalue weighted by Gasteiger charge is -2.50. The van der Waals surface area contributed by atoms with Gasteiger partial charge in [-0.3, -0.25) is 0 Å². The van der Waals surface area contributed by atoms with Crippen molar-refractivity contribution in [2.24, 2.45) is 5.16 Å². The van der Waals surface area contributed by atoms with Gasteiger partial charge >= 0.3 is 0 Å². The summed E-state index contributed by atoms with van der Waals surface area (Å²) in [6.45, 7) is 5.73. The fourth-order valence-corrected chi connectivity index (χ4v) is 4.17. The molecule has 0 unspecified atom stereocenters. The molecule has 10 heteroatoms. The van der Waals surface area contributed by atoms with E-state index >= 15 is 0 Å². The van der Waals surface area contributed by atoms with E-state index in [0.717, 1.165) is 0 Å². The van der Waals surface area contributed by atoms with Crippen LogP contribution >= 0.6 is 0 Å².